The van der Waals surface area contributed by atoms with E-state index in [2.05, 4.69) is 36.7 Å². The normalized spacial score (nSPS) is 18.7. The average Bonchev–Trinajstić information content (AvgIpc) is 2.50. The number of thiol groups is 1. The lowest BCUT2D eigenvalue weighted by molar-refractivity contribution is 0.000542. The van der Waals surface area contributed by atoms with Gasteiger partial charge in [-0.25, -0.2) is 4.79 Å². The van der Waals surface area contributed by atoms with Gasteiger partial charge in [-0.1, -0.05) is 11.6 Å². The van der Waals surface area contributed by atoms with Crippen molar-refractivity contribution in [2.45, 2.75) is 52.8 Å². The average molecular weight is 400 g/mol. The van der Waals surface area contributed by atoms with Crippen molar-refractivity contribution in [3.8, 4) is 0 Å². The second-order valence-electron chi connectivity index (χ2n) is 7.83. The highest BCUT2D eigenvalue weighted by Crippen LogP contribution is 2.27. The zero-order chi connectivity index (χ0) is 19.5. The highest BCUT2D eigenvalue weighted by molar-refractivity contribution is 7.80. The van der Waals surface area contributed by atoms with Crippen molar-refractivity contribution in [2.24, 2.45) is 0 Å². The van der Waals surface area contributed by atoms with Gasteiger partial charge in [-0.2, -0.15) is 12.6 Å². The Morgan fingerprint density at radius 1 is 1.38 bits per heavy atom. The maximum Gasteiger partial charge on any atom is 0.410 e. The fourth-order valence-electron chi connectivity index (χ4n) is 3.18. The number of anilines is 1. The van der Waals surface area contributed by atoms with E-state index in [0.717, 1.165) is 30.3 Å². The van der Waals surface area contributed by atoms with Crippen LogP contribution in [0.15, 0.2) is 12.1 Å². The summed E-state index contributed by atoms with van der Waals surface area (Å²) in [6.45, 7) is 12.9. The molecule has 7 heteroatoms. The maximum atomic E-state index is 12.4. The third kappa shape index (κ3) is 5.69. The summed E-state index contributed by atoms with van der Waals surface area (Å²) in [4.78, 5) is 16.5. The lowest BCUT2D eigenvalue weighted by atomic mass is 10.0. The highest BCUT2D eigenvalue weighted by Gasteiger charge is 2.31. The largest absolute Gasteiger partial charge is 0.444 e. The minimum Gasteiger partial charge on any atom is -0.444 e. The highest BCUT2D eigenvalue weighted by atomic mass is 35.5. The van der Waals surface area contributed by atoms with Crippen LogP contribution in [0.5, 0.6) is 0 Å². The number of nitrogens with one attached hydrogen (secondary N) is 1. The molecular formula is C19H30ClN3O2S. The standard InChI is InChI=1S/C19H30ClN3O2S/c1-13-10-22(6-7-23(13)18(24)25-19(3,4)5)11-15-8-16(20)9-17(14(15)2)21-12-26/h8-9,13,21,26H,6-7,10-12H2,1-5H3/t13-/m0/s1. The van der Waals surface area contributed by atoms with Gasteiger partial charge >= 0.3 is 6.09 Å². The van der Waals surface area contributed by atoms with Crippen molar-refractivity contribution in [3.05, 3.63) is 28.3 Å². The molecular weight excluding hydrogens is 370 g/mol. The van der Waals surface area contributed by atoms with Gasteiger partial charge in [0.05, 0.1) is 5.88 Å². The summed E-state index contributed by atoms with van der Waals surface area (Å²) in [5.74, 6) is 0.562. The molecule has 1 N–H and O–H groups in total. The number of hydrogen-bond acceptors (Lipinski definition) is 5. The number of carbonyl (C=O) groups is 1. The molecule has 1 aromatic rings. The molecule has 1 saturated heterocycles. The van der Waals surface area contributed by atoms with Crippen molar-refractivity contribution >= 4 is 36.0 Å². The molecule has 0 bridgehead atoms. The minimum absolute atomic E-state index is 0.105. The summed E-state index contributed by atoms with van der Waals surface area (Å²) in [6.07, 6.45) is -0.233. The van der Waals surface area contributed by atoms with Gasteiger partial charge in [-0.3, -0.25) is 4.90 Å². The van der Waals surface area contributed by atoms with Crippen LogP contribution in [0.4, 0.5) is 10.5 Å². The first kappa shape index (κ1) is 21.2. The number of benzene rings is 1. The molecule has 0 spiro atoms. The number of carbonyl (C=O) groups excluding carboxylic acids is 1. The zero-order valence-electron chi connectivity index (χ0n) is 16.3. The minimum atomic E-state index is -0.470. The molecule has 2 rings (SSSR count). The van der Waals surface area contributed by atoms with Crippen molar-refractivity contribution < 1.29 is 9.53 Å². The Morgan fingerprint density at radius 2 is 2.08 bits per heavy atom. The van der Waals surface area contributed by atoms with Gasteiger partial charge in [0.1, 0.15) is 5.60 Å². The summed E-state index contributed by atoms with van der Waals surface area (Å²) >= 11 is 10.5. The quantitative estimate of drug-likeness (QED) is 0.582. The van der Waals surface area contributed by atoms with Crippen LogP contribution in [0, 0.1) is 6.92 Å². The van der Waals surface area contributed by atoms with E-state index in [9.17, 15) is 4.79 Å². The molecule has 1 heterocycles. The summed E-state index contributed by atoms with van der Waals surface area (Å²) in [7, 11) is 0. The summed E-state index contributed by atoms with van der Waals surface area (Å²) in [5, 5.41) is 3.96. The predicted molar refractivity (Wildman–Crippen MR) is 111 cm³/mol. The summed E-state index contributed by atoms with van der Waals surface area (Å²) in [5.41, 5.74) is 2.93. The summed E-state index contributed by atoms with van der Waals surface area (Å²) < 4.78 is 5.51. The van der Waals surface area contributed by atoms with E-state index in [4.69, 9.17) is 16.3 Å². The van der Waals surface area contributed by atoms with Gasteiger partial charge in [-0.05, 0) is 57.9 Å². The van der Waals surface area contributed by atoms with E-state index in [1.165, 1.54) is 11.1 Å². The van der Waals surface area contributed by atoms with Gasteiger partial charge in [-0.15, -0.1) is 0 Å². The Balaban J connectivity index is 2.03. The van der Waals surface area contributed by atoms with Crippen molar-refractivity contribution in [2.75, 3.05) is 30.8 Å². The van der Waals surface area contributed by atoms with Gasteiger partial charge in [0.2, 0.25) is 0 Å². The molecule has 1 aliphatic rings. The smallest absolute Gasteiger partial charge is 0.410 e. The molecule has 1 fully saturated rings. The van der Waals surface area contributed by atoms with E-state index in [0.29, 0.717) is 12.4 Å². The number of amides is 1. The number of ether oxygens (including phenoxy) is 1. The zero-order valence-corrected chi connectivity index (χ0v) is 18.0. The van der Waals surface area contributed by atoms with E-state index in [1.54, 1.807) is 0 Å². The van der Waals surface area contributed by atoms with Crippen LogP contribution in [0.2, 0.25) is 5.02 Å². The molecule has 1 aromatic carbocycles. The van der Waals surface area contributed by atoms with Crippen LogP contribution in [0.1, 0.15) is 38.8 Å². The Morgan fingerprint density at radius 3 is 2.65 bits per heavy atom. The lowest BCUT2D eigenvalue weighted by Gasteiger charge is -2.40. The van der Waals surface area contributed by atoms with Gasteiger partial charge < -0.3 is 15.0 Å². The Hall–Kier alpha value is -1.11. The first-order valence-electron chi connectivity index (χ1n) is 8.96. The molecule has 26 heavy (non-hydrogen) atoms. The van der Waals surface area contributed by atoms with Crippen LogP contribution in [-0.2, 0) is 11.3 Å². The maximum absolute atomic E-state index is 12.4. The van der Waals surface area contributed by atoms with Crippen LogP contribution in [-0.4, -0.2) is 53.0 Å². The molecule has 0 aliphatic carbocycles. The van der Waals surface area contributed by atoms with E-state index < -0.39 is 5.60 Å². The lowest BCUT2D eigenvalue weighted by Crippen LogP contribution is -2.54. The van der Waals surface area contributed by atoms with E-state index in [1.807, 2.05) is 37.8 Å². The fraction of sp³-hybridized carbons (Fsp3) is 0.632. The van der Waals surface area contributed by atoms with Crippen LogP contribution >= 0.6 is 24.2 Å². The fourth-order valence-corrected chi connectivity index (χ4v) is 3.59. The molecule has 1 atom stereocenters. The van der Waals surface area contributed by atoms with Crippen molar-refractivity contribution in [1.82, 2.24) is 9.80 Å². The Bertz CT molecular complexity index is 648. The number of hydrogen-bond donors (Lipinski definition) is 2. The molecule has 1 aliphatic heterocycles. The first-order chi connectivity index (χ1) is 12.1. The Labute approximate surface area is 167 Å². The molecule has 146 valence electrons. The number of nitrogens with zero attached hydrogens (tertiary/aromatic N) is 2. The third-order valence-corrected chi connectivity index (χ3v) is 4.86. The topological polar surface area (TPSA) is 44.8 Å². The third-order valence-electron chi connectivity index (χ3n) is 4.48. The predicted octanol–water partition coefficient (Wildman–Crippen LogP) is 4.39. The second kappa shape index (κ2) is 8.72. The van der Waals surface area contributed by atoms with Gasteiger partial charge in [0, 0.05) is 42.9 Å². The monoisotopic (exact) mass is 399 g/mol. The van der Waals surface area contributed by atoms with E-state index in [-0.39, 0.29) is 12.1 Å². The van der Waals surface area contributed by atoms with Crippen LogP contribution < -0.4 is 5.32 Å². The first-order valence-corrected chi connectivity index (χ1v) is 9.97. The molecule has 5 nitrogen and oxygen atoms in total. The molecule has 1 amide bonds. The van der Waals surface area contributed by atoms with Crippen molar-refractivity contribution in [1.29, 1.82) is 0 Å². The SMILES string of the molecule is Cc1c(CN2CCN(C(=O)OC(C)(C)C)[C@@H](C)C2)cc(Cl)cc1NCS. The number of piperazine rings is 1. The van der Waals surface area contributed by atoms with Crippen LogP contribution in [0.3, 0.4) is 0 Å². The molecule has 0 saturated carbocycles. The Kier molecular flexibility index (Phi) is 7.11. The van der Waals surface area contributed by atoms with E-state index >= 15 is 0 Å². The molecule has 0 aromatic heterocycles. The number of rotatable bonds is 4. The van der Waals surface area contributed by atoms with Crippen LogP contribution in [0.25, 0.3) is 0 Å². The molecule has 0 radical (unpaired) electrons. The second-order valence-corrected chi connectivity index (χ2v) is 8.58. The van der Waals surface area contributed by atoms with Gasteiger partial charge in [0.25, 0.3) is 0 Å². The van der Waals surface area contributed by atoms with Gasteiger partial charge in [0.15, 0.2) is 0 Å². The summed E-state index contributed by atoms with van der Waals surface area (Å²) in [6, 6.07) is 4.05. The molecule has 0 unspecified atom stereocenters. The van der Waals surface area contributed by atoms with Crippen molar-refractivity contribution in [3.63, 3.8) is 0 Å². The number of halogens is 1.